The highest BCUT2D eigenvalue weighted by atomic mass is 32.1. The Balaban J connectivity index is 1.66. The number of rotatable bonds is 6. The minimum absolute atomic E-state index is 0.238. The second-order valence-corrected chi connectivity index (χ2v) is 7.29. The number of nitrogens with zero attached hydrogens (tertiary/aromatic N) is 2. The summed E-state index contributed by atoms with van der Waals surface area (Å²) in [5.41, 5.74) is 0. The van der Waals surface area contributed by atoms with E-state index < -0.39 is 0 Å². The number of amides is 1. The van der Waals surface area contributed by atoms with E-state index in [1.807, 2.05) is 6.20 Å². The van der Waals surface area contributed by atoms with Gasteiger partial charge in [-0.15, -0.1) is 11.3 Å². The van der Waals surface area contributed by atoms with E-state index in [9.17, 15) is 4.79 Å². The van der Waals surface area contributed by atoms with Crippen molar-refractivity contribution >= 4 is 17.2 Å². The van der Waals surface area contributed by atoms with Gasteiger partial charge in [-0.05, 0) is 26.7 Å². The van der Waals surface area contributed by atoms with Gasteiger partial charge in [0, 0.05) is 49.6 Å². The largest absolute Gasteiger partial charge is 0.343 e. The lowest BCUT2D eigenvalue weighted by atomic mass is 10.2. The predicted molar refractivity (Wildman–Crippen MR) is 87.7 cm³/mol. The summed E-state index contributed by atoms with van der Waals surface area (Å²) in [7, 11) is 0. The zero-order valence-electron chi connectivity index (χ0n) is 13.2. The van der Waals surface area contributed by atoms with E-state index in [2.05, 4.69) is 29.0 Å². The standard InChI is InChI=1S/C16H27N3OS/c1-13(17-8-7-15-18-12-14(2)21-15)11-16(20)19-9-5-3-4-6-10-19/h12-13,17H,3-11H2,1-2H3. The first kappa shape index (κ1) is 16.4. The summed E-state index contributed by atoms with van der Waals surface area (Å²) >= 11 is 1.75. The lowest BCUT2D eigenvalue weighted by Gasteiger charge is -2.22. The maximum absolute atomic E-state index is 12.3. The van der Waals surface area contributed by atoms with Crippen molar-refractivity contribution in [3.8, 4) is 0 Å². The van der Waals surface area contributed by atoms with Crippen LogP contribution in [0.4, 0.5) is 0 Å². The molecule has 0 aliphatic carbocycles. The van der Waals surface area contributed by atoms with Gasteiger partial charge in [-0.25, -0.2) is 4.98 Å². The van der Waals surface area contributed by atoms with E-state index in [0.717, 1.165) is 38.9 Å². The Hall–Kier alpha value is -0.940. The van der Waals surface area contributed by atoms with Crippen LogP contribution in [0.15, 0.2) is 6.20 Å². The molecule has 2 rings (SSSR count). The van der Waals surface area contributed by atoms with Gasteiger partial charge in [-0.2, -0.15) is 0 Å². The molecule has 1 amide bonds. The molecule has 118 valence electrons. The van der Waals surface area contributed by atoms with Crippen molar-refractivity contribution in [1.82, 2.24) is 15.2 Å². The molecule has 1 atom stereocenters. The van der Waals surface area contributed by atoms with Crippen molar-refractivity contribution < 1.29 is 4.79 Å². The third-order valence-corrected chi connectivity index (χ3v) is 4.91. The molecular weight excluding hydrogens is 282 g/mol. The highest BCUT2D eigenvalue weighted by Gasteiger charge is 2.17. The molecule has 1 fully saturated rings. The third kappa shape index (κ3) is 5.75. The van der Waals surface area contributed by atoms with Crippen LogP contribution in [-0.4, -0.2) is 41.5 Å². The molecule has 1 aromatic heterocycles. The molecule has 5 heteroatoms. The van der Waals surface area contributed by atoms with Gasteiger partial charge < -0.3 is 10.2 Å². The Morgan fingerprint density at radius 1 is 1.38 bits per heavy atom. The molecule has 1 aromatic rings. The third-order valence-electron chi connectivity index (χ3n) is 3.94. The van der Waals surface area contributed by atoms with Crippen LogP contribution < -0.4 is 5.32 Å². The number of aryl methyl sites for hydroxylation is 1. The van der Waals surface area contributed by atoms with Crippen LogP contribution in [0.25, 0.3) is 0 Å². The minimum Gasteiger partial charge on any atom is -0.343 e. The fourth-order valence-corrected chi connectivity index (χ4v) is 3.51. The lowest BCUT2D eigenvalue weighted by molar-refractivity contribution is -0.131. The van der Waals surface area contributed by atoms with Crippen molar-refractivity contribution in [2.24, 2.45) is 0 Å². The van der Waals surface area contributed by atoms with E-state index in [1.165, 1.54) is 22.7 Å². The average molecular weight is 309 g/mol. The van der Waals surface area contributed by atoms with Gasteiger partial charge in [0.2, 0.25) is 5.91 Å². The average Bonchev–Trinajstić information content (AvgIpc) is 2.71. The molecule has 1 aliphatic heterocycles. The van der Waals surface area contributed by atoms with E-state index in [-0.39, 0.29) is 6.04 Å². The molecule has 0 aromatic carbocycles. The first-order chi connectivity index (χ1) is 10.1. The number of aromatic nitrogens is 1. The minimum atomic E-state index is 0.238. The molecule has 0 saturated carbocycles. The van der Waals surface area contributed by atoms with Crippen LogP contribution in [0.1, 0.15) is 48.9 Å². The fraction of sp³-hybridized carbons (Fsp3) is 0.750. The SMILES string of the molecule is Cc1cnc(CCNC(C)CC(=O)N2CCCCCC2)s1. The highest BCUT2D eigenvalue weighted by Crippen LogP contribution is 2.12. The van der Waals surface area contributed by atoms with Crippen molar-refractivity contribution in [3.63, 3.8) is 0 Å². The van der Waals surface area contributed by atoms with Gasteiger partial charge in [0.05, 0.1) is 5.01 Å². The topological polar surface area (TPSA) is 45.2 Å². The van der Waals surface area contributed by atoms with Crippen LogP contribution in [-0.2, 0) is 11.2 Å². The monoisotopic (exact) mass is 309 g/mol. The van der Waals surface area contributed by atoms with Gasteiger partial charge in [0.25, 0.3) is 0 Å². The molecule has 1 N–H and O–H groups in total. The number of carbonyl (C=O) groups is 1. The molecule has 2 heterocycles. The summed E-state index contributed by atoms with van der Waals surface area (Å²) in [5.74, 6) is 0.307. The highest BCUT2D eigenvalue weighted by molar-refractivity contribution is 7.11. The first-order valence-electron chi connectivity index (χ1n) is 8.07. The first-order valence-corrected chi connectivity index (χ1v) is 8.89. The molecule has 21 heavy (non-hydrogen) atoms. The molecule has 1 unspecified atom stereocenters. The van der Waals surface area contributed by atoms with Crippen LogP contribution in [0.3, 0.4) is 0 Å². The summed E-state index contributed by atoms with van der Waals surface area (Å²) in [6, 6.07) is 0.238. The zero-order chi connectivity index (χ0) is 15.1. The normalized spacial score (nSPS) is 17.5. The molecule has 4 nitrogen and oxygen atoms in total. The Morgan fingerprint density at radius 2 is 2.10 bits per heavy atom. The zero-order valence-corrected chi connectivity index (χ0v) is 14.0. The fourth-order valence-electron chi connectivity index (χ4n) is 2.73. The number of nitrogens with one attached hydrogen (secondary N) is 1. The van der Waals surface area contributed by atoms with E-state index in [0.29, 0.717) is 12.3 Å². The lowest BCUT2D eigenvalue weighted by Crippen LogP contribution is -2.38. The van der Waals surface area contributed by atoms with Gasteiger partial charge in [0.1, 0.15) is 0 Å². The molecule has 0 bridgehead atoms. The Morgan fingerprint density at radius 3 is 2.71 bits per heavy atom. The Labute approximate surface area is 132 Å². The van der Waals surface area contributed by atoms with Crippen molar-refractivity contribution in [3.05, 3.63) is 16.1 Å². The van der Waals surface area contributed by atoms with E-state index in [1.54, 1.807) is 11.3 Å². The second kappa shape index (κ2) is 8.49. The summed E-state index contributed by atoms with van der Waals surface area (Å²) in [4.78, 5) is 19.9. The molecule has 0 radical (unpaired) electrons. The summed E-state index contributed by atoms with van der Waals surface area (Å²) in [6.07, 6.45) is 8.34. The Bertz CT molecular complexity index is 438. The van der Waals surface area contributed by atoms with Crippen LogP contribution in [0.5, 0.6) is 0 Å². The number of thiazole rings is 1. The predicted octanol–water partition coefficient (Wildman–Crippen LogP) is 2.76. The second-order valence-electron chi connectivity index (χ2n) is 5.97. The van der Waals surface area contributed by atoms with Crippen LogP contribution >= 0.6 is 11.3 Å². The number of carbonyl (C=O) groups excluding carboxylic acids is 1. The van der Waals surface area contributed by atoms with Crippen LogP contribution in [0.2, 0.25) is 0 Å². The number of likely N-dealkylation sites (tertiary alicyclic amines) is 1. The van der Waals surface area contributed by atoms with Gasteiger partial charge in [-0.3, -0.25) is 4.79 Å². The summed E-state index contributed by atoms with van der Waals surface area (Å²) in [5, 5.41) is 4.62. The van der Waals surface area contributed by atoms with E-state index in [4.69, 9.17) is 0 Å². The van der Waals surface area contributed by atoms with E-state index >= 15 is 0 Å². The van der Waals surface area contributed by atoms with Gasteiger partial charge >= 0.3 is 0 Å². The number of hydrogen-bond donors (Lipinski definition) is 1. The molecule has 1 saturated heterocycles. The number of hydrogen-bond acceptors (Lipinski definition) is 4. The van der Waals surface area contributed by atoms with Crippen molar-refractivity contribution in [1.29, 1.82) is 0 Å². The van der Waals surface area contributed by atoms with Gasteiger partial charge in [0.15, 0.2) is 0 Å². The molecule has 1 aliphatic rings. The van der Waals surface area contributed by atoms with Crippen molar-refractivity contribution in [2.45, 2.75) is 58.4 Å². The maximum Gasteiger partial charge on any atom is 0.224 e. The molecular formula is C16H27N3OS. The molecule has 0 spiro atoms. The maximum atomic E-state index is 12.3. The van der Waals surface area contributed by atoms with Crippen LogP contribution in [0, 0.1) is 6.92 Å². The smallest absolute Gasteiger partial charge is 0.224 e. The van der Waals surface area contributed by atoms with Gasteiger partial charge in [-0.1, -0.05) is 12.8 Å². The summed E-state index contributed by atoms with van der Waals surface area (Å²) in [6.45, 7) is 6.97. The van der Waals surface area contributed by atoms with Crippen molar-refractivity contribution in [2.75, 3.05) is 19.6 Å². The summed E-state index contributed by atoms with van der Waals surface area (Å²) < 4.78 is 0. The quantitative estimate of drug-likeness (QED) is 0.879. The Kier molecular flexibility index (Phi) is 6.64.